The van der Waals surface area contributed by atoms with Crippen molar-refractivity contribution in [2.75, 3.05) is 26.3 Å². The van der Waals surface area contributed by atoms with Gasteiger partial charge in [0.25, 0.3) is 0 Å². The van der Waals surface area contributed by atoms with E-state index in [9.17, 15) is 13.2 Å². The van der Waals surface area contributed by atoms with Gasteiger partial charge in [0.2, 0.25) is 15.9 Å². The number of hydrogen-bond acceptors (Lipinski definition) is 6. The fourth-order valence-corrected chi connectivity index (χ4v) is 4.96. The molecule has 1 amide bonds. The van der Waals surface area contributed by atoms with Gasteiger partial charge in [-0.1, -0.05) is 12.1 Å². The zero-order chi connectivity index (χ0) is 21.1. The summed E-state index contributed by atoms with van der Waals surface area (Å²) in [6.07, 6.45) is 5.20. The Morgan fingerprint density at radius 3 is 2.63 bits per heavy atom. The summed E-state index contributed by atoms with van der Waals surface area (Å²) in [6, 6.07) is 6.84. The van der Waals surface area contributed by atoms with Crippen LogP contribution in [0.4, 0.5) is 0 Å². The van der Waals surface area contributed by atoms with Crippen LogP contribution in [0.15, 0.2) is 35.2 Å². The molecule has 0 unspecified atom stereocenters. The third-order valence-electron chi connectivity index (χ3n) is 5.03. The molecular formula is C19H23N5O4S2. The number of aromatic nitrogens is 3. The number of nitrogens with one attached hydrogen (secondary N) is 2. The first-order chi connectivity index (χ1) is 14.4. The molecule has 1 aromatic carbocycles. The van der Waals surface area contributed by atoms with Crippen molar-refractivity contribution in [3.63, 3.8) is 0 Å². The Kier molecular flexibility index (Phi) is 6.14. The van der Waals surface area contributed by atoms with Gasteiger partial charge in [-0.2, -0.15) is 9.40 Å². The lowest BCUT2D eigenvalue weighted by Crippen LogP contribution is -2.40. The molecule has 11 heteroatoms. The number of nitrogens with zero attached hydrogens (tertiary/aromatic N) is 3. The van der Waals surface area contributed by atoms with Crippen LogP contribution in [0.1, 0.15) is 30.3 Å². The summed E-state index contributed by atoms with van der Waals surface area (Å²) in [7, 11) is -3.52. The highest BCUT2D eigenvalue weighted by molar-refractivity contribution is 7.89. The van der Waals surface area contributed by atoms with Crippen molar-refractivity contribution < 1.29 is 17.9 Å². The highest BCUT2D eigenvalue weighted by Gasteiger charge is 2.27. The Bertz CT molecular complexity index is 1090. The van der Waals surface area contributed by atoms with Gasteiger partial charge in [0.1, 0.15) is 0 Å². The number of ether oxygens (including phenoxy) is 1. The molecule has 1 saturated carbocycles. The molecule has 2 heterocycles. The number of H-pyrrole nitrogens is 1. The first-order valence-electron chi connectivity index (χ1n) is 9.75. The van der Waals surface area contributed by atoms with Crippen LogP contribution in [0.5, 0.6) is 0 Å². The van der Waals surface area contributed by atoms with Gasteiger partial charge in [0, 0.05) is 25.2 Å². The van der Waals surface area contributed by atoms with Crippen LogP contribution in [-0.4, -0.2) is 59.7 Å². The second-order valence-corrected chi connectivity index (χ2v) is 9.51. The summed E-state index contributed by atoms with van der Waals surface area (Å²) < 4.78 is 34.4. The highest BCUT2D eigenvalue weighted by atomic mass is 32.2. The molecule has 4 rings (SSSR count). The number of carbonyl (C=O) groups is 1. The molecule has 1 aliphatic carbocycles. The van der Waals surface area contributed by atoms with Gasteiger partial charge >= 0.3 is 0 Å². The zero-order valence-electron chi connectivity index (χ0n) is 16.3. The Hall–Kier alpha value is -2.34. The van der Waals surface area contributed by atoms with Crippen molar-refractivity contribution in [2.45, 2.75) is 30.3 Å². The van der Waals surface area contributed by atoms with E-state index in [0.717, 1.165) is 18.4 Å². The predicted octanol–water partition coefficient (Wildman–Crippen LogP) is 1.63. The Morgan fingerprint density at radius 2 is 1.97 bits per heavy atom. The quantitative estimate of drug-likeness (QED) is 0.491. The Morgan fingerprint density at radius 1 is 1.27 bits per heavy atom. The average Bonchev–Trinajstić information content (AvgIpc) is 3.53. The molecule has 30 heavy (non-hydrogen) atoms. The first kappa shape index (κ1) is 20.9. The summed E-state index contributed by atoms with van der Waals surface area (Å²) in [5.41, 5.74) is 0.728. The van der Waals surface area contributed by atoms with E-state index in [2.05, 4.69) is 15.5 Å². The van der Waals surface area contributed by atoms with Crippen LogP contribution in [0.25, 0.3) is 6.08 Å². The fraction of sp³-hybridized carbons (Fsp3) is 0.421. The van der Waals surface area contributed by atoms with Gasteiger partial charge in [-0.15, -0.1) is 0 Å². The van der Waals surface area contributed by atoms with E-state index in [1.54, 1.807) is 30.3 Å². The van der Waals surface area contributed by atoms with Crippen LogP contribution in [0, 0.1) is 4.77 Å². The molecule has 0 atom stereocenters. The fourth-order valence-electron chi connectivity index (χ4n) is 3.26. The SMILES string of the molecule is O=C(/C=C/c1ccc(S(=O)(=O)N2CCOCC2)cc1)NCc1n[nH]c(=S)n1C1CC1. The molecule has 0 bridgehead atoms. The summed E-state index contributed by atoms with van der Waals surface area (Å²) in [5.74, 6) is 0.443. The number of amides is 1. The maximum Gasteiger partial charge on any atom is 0.244 e. The van der Waals surface area contributed by atoms with E-state index in [1.165, 1.54) is 10.4 Å². The van der Waals surface area contributed by atoms with E-state index in [4.69, 9.17) is 17.0 Å². The van der Waals surface area contributed by atoms with Gasteiger partial charge in [-0.25, -0.2) is 8.42 Å². The van der Waals surface area contributed by atoms with Gasteiger partial charge in [0.15, 0.2) is 10.6 Å². The number of morpholine rings is 1. The van der Waals surface area contributed by atoms with Crippen molar-refractivity contribution in [1.29, 1.82) is 0 Å². The Labute approximate surface area is 179 Å². The molecule has 2 N–H and O–H groups in total. The molecule has 1 saturated heterocycles. The zero-order valence-corrected chi connectivity index (χ0v) is 17.9. The smallest absolute Gasteiger partial charge is 0.244 e. The maximum absolute atomic E-state index is 12.6. The lowest BCUT2D eigenvalue weighted by atomic mass is 10.2. The number of carbonyl (C=O) groups excluding carboxylic acids is 1. The van der Waals surface area contributed by atoms with Crippen LogP contribution in [0.3, 0.4) is 0 Å². The van der Waals surface area contributed by atoms with E-state index in [0.29, 0.717) is 42.9 Å². The first-order valence-corrected chi connectivity index (χ1v) is 11.6. The Balaban J connectivity index is 1.35. The number of hydrogen-bond donors (Lipinski definition) is 2. The second-order valence-electron chi connectivity index (χ2n) is 7.18. The molecule has 1 aliphatic heterocycles. The third-order valence-corrected chi connectivity index (χ3v) is 7.23. The standard InChI is InChI=1S/C19H23N5O4S2/c25-18(20-13-17-21-22-19(29)24(17)15-4-5-15)8-3-14-1-6-16(7-2-14)30(26,27)23-9-11-28-12-10-23/h1-3,6-8,15H,4-5,9-13H2,(H,20,25)(H,22,29)/b8-3+. The molecule has 1 aromatic heterocycles. The molecule has 2 fully saturated rings. The maximum atomic E-state index is 12.6. The van der Waals surface area contributed by atoms with Crippen molar-refractivity contribution in [2.24, 2.45) is 0 Å². The summed E-state index contributed by atoms with van der Waals surface area (Å²) in [4.78, 5) is 12.4. The van der Waals surface area contributed by atoms with Crippen molar-refractivity contribution in [3.05, 3.63) is 46.5 Å². The van der Waals surface area contributed by atoms with Crippen molar-refractivity contribution in [3.8, 4) is 0 Å². The van der Waals surface area contributed by atoms with Crippen LogP contribution in [0.2, 0.25) is 0 Å². The predicted molar refractivity (Wildman–Crippen MR) is 113 cm³/mol. The number of benzene rings is 1. The molecule has 0 spiro atoms. The van der Waals surface area contributed by atoms with Crippen molar-refractivity contribution >= 4 is 34.2 Å². The second kappa shape index (κ2) is 8.80. The minimum atomic E-state index is -3.52. The van der Waals surface area contributed by atoms with E-state index < -0.39 is 10.0 Å². The molecule has 9 nitrogen and oxygen atoms in total. The van der Waals surface area contributed by atoms with Gasteiger partial charge in [0.05, 0.1) is 24.7 Å². The lowest BCUT2D eigenvalue weighted by molar-refractivity contribution is -0.116. The number of aromatic amines is 1. The summed E-state index contributed by atoms with van der Waals surface area (Å²) in [5, 5.41) is 9.74. The van der Waals surface area contributed by atoms with Crippen LogP contribution >= 0.6 is 12.2 Å². The number of rotatable bonds is 7. The normalized spacial score (nSPS) is 18.0. The summed E-state index contributed by atoms with van der Waals surface area (Å²) in [6.45, 7) is 1.80. The van der Waals surface area contributed by atoms with E-state index in [1.807, 2.05) is 4.57 Å². The molecule has 2 aliphatic rings. The van der Waals surface area contributed by atoms with Crippen LogP contribution in [-0.2, 0) is 26.1 Å². The number of sulfonamides is 1. The van der Waals surface area contributed by atoms with E-state index in [-0.39, 0.29) is 17.3 Å². The molecule has 2 aromatic rings. The van der Waals surface area contributed by atoms with Crippen molar-refractivity contribution in [1.82, 2.24) is 24.4 Å². The van der Waals surface area contributed by atoms with Gasteiger partial charge in [-0.05, 0) is 48.8 Å². The largest absolute Gasteiger partial charge is 0.379 e. The van der Waals surface area contributed by atoms with Gasteiger partial charge < -0.3 is 10.1 Å². The molecule has 160 valence electrons. The lowest BCUT2D eigenvalue weighted by Gasteiger charge is -2.26. The third kappa shape index (κ3) is 4.69. The topological polar surface area (TPSA) is 109 Å². The van der Waals surface area contributed by atoms with Gasteiger partial charge in [-0.3, -0.25) is 14.5 Å². The monoisotopic (exact) mass is 449 g/mol. The van der Waals surface area contributed by atoms with E-state index >= 15 is 0 Å². The highest BCUT2D eigenvalue weighted by Crippen LogP contribution is 2.35. The molecule has 0 radical (unpaired) electrons. The minimum Gasteiger partial charge on any atom is -0.379 e. The summed E-state index contributed by atoms with van der Waals surface area (Å²) >= 11 is 5.23. The minimum absolute atomic E-state index is 0.230. The average molecular weight is 450 g/mol. The molecular weight excluding hydrogens is 426 g/mol. The van der Waals surface area contributed by atoms with Crippen LogP contribution < -0.4 is 5.32 Å².